The van der Waals surface area contributed by atoms with Crippen LogP contribution < -0.4 is 19.7 Å². The number of halogens is 1. The van der Waals surface area contributed by atoms with Crippen molar-refractivity contribution in [2.24, 2.45) is 0 Å². The highest BCUT2D eigenvalue weighted by Gasteiger charge is 2.37. The Labute approximate surface area is 214 Å². The zero-order valence-electron chi connectivity index (χ0n) is 20.3. The molecule has 184 valence electrons. The Morgan fingerprint density at radius 1 is 0.944 bits per heavy atom. The number of amides is 4. The van der Waals surface area contributed by atoms with E-state index in [2.05, 4.69) is 5.32 Å². The second-order valence-electron chi connectivity index (χ2n) is 8.62. The molecule has 0 aliphatic carbocycles. The van der Waals surface area contributed by atoms with E-state index in [-0.39, 0.29) is 17.2 Å². The molecule has 0 unspecified atom stereocenters. The molecule has 3 aromatic rings. The molecule has 4 rings (SSSR count). The van der Waals surface area contributed by atoms with Crippen molar-refractivity contribution in [1.82, 2.24) is 5.32 Å². The van der Waals surface area contributed by atoms with Crippen molar-refractivity contribution >= 4 is 41.2 Å². The molecule has 1 fully saturated rings. The average Bonchev–Trinajstić information content (AvgIpc) is 2.80. The van der Waals surface area contributed by atoms with Gasteiger partial charge in [0, 0.05) is 0 Å². The summed E-state index contributed by atoms with van der Waals surface area (Å²) in [5, 5.41) is 2.48. The molecule has 7 nitrogen and oxygen atoms in total. The maximum absolute atomic E-state index is 13.3. The summed E-state index contributed by atoms with van der Waals surface area (Å²) in [6, 6.07) is 15.6. The SMILES string of the molecule is COc1cc(/C=C2\C(=O)NC(=O)N(c3cc(C)cc(C)c3)C2=O)cc(Cl)c1OCc1cccc(C)c1. The number of nitrogens with zero attached hydrogens (tertiary/aromatic N) is 1. The molecule has 1 aliphatic heterocycles. The van der Waals surface area contributed by atoms with Crippen molar-refractivity contribution in [3.63, 3.8) is 0 Å². The van der Waals surface area contributed by atoms with Crippen LogP contribution in [0.5, 0.6) is 11.5 Å². The second-order valence-corrected chi connectivity index (χ2v) is 9.02. The fourth-order valence-electron chi connectivity index (χ4n) is 4.06. The number of hydrogen-bond acceptors (Lipinski definition) is 5. The molecule has 0 atom stereocenters. The Morgan fingerprint density at radius 2 is 1.67 bits per heavy atom. The molecule has 0 saturated carbocycles. The minimum atomic E-state index is -0.803. The summed E-state index contributed by atoms with van der Waals surface area (Å²) in [4.78, 5) is 39.3. The zero-order chi connectivity index (χ0) is 26.0. The van der Waals surface area contributed by atoms with Crippen molar-refractivity contribution < 1.29 is 23.9 Å². The maximum atomic E-state index is 13.3. The van der Waals surface area contributed by atoms with Crippen LogP contribution in [0.1, 0.15) is 27.8 Å². The van der Waals surface area contributed by atoms with E-state index in [0.717, 1.165) is 27.2 Å². The lowest BCUT2D eigenvalue weighted by molar-refractivity contribution is -0.122. The topological polar surface area (TPSA) is 84.9 Å². The molecule has 0 spiro atoms. The number of carbonyl (C=O) groups excluding carboxylic acids is 3. The smallest absolute Gasteiger partial charge is 0.335 e. The van der Waals surface area contributed by atoms with Gasteiger partial charge in [-0.25, -0.2) is 9.69 Å². The van der Waals surface area contributed by atoms with Crippen LogP contribution >= 0.6 is 11.6 Å². The van der Waals surface area contributed by atoms with Gasteiger partial charge in [0.05, 0.1) is 17.8 Å². The van der Waals surface area contributed by atoms with Gasteiger partial charge in [0.2, 0.25) is 0 Å². The molecular formula is C28H25ClN2O5. The van der Waals surface area contributed by atoms with Crippen molar-refractivity contribution in [1.29, 1.82) is 0 Å². The number of imide groups is 2. The molecular weight excluding hydrogens is 480 g/mol. The van der Waals surface area contributed by atoms with Gasteiger partial charge >= 0.3 is 6.03 Å². The molecule has 3 aromatic carbocycles. The number of nitrogens with one attached hydrogen (secondary N) is 1. The standard InChI is InChI=1S/C28H25ClN2O5/c1-16-6-5-7-19(9-16)15-36-25-23(29)13-20(14-24(25)35-4)12-22-26(32)30-28(34)31(27(22)33)21-10-17(2)8-18(3)11-21/h5-14H,15H2,1-4H3,(H,30,32,34)/b22-12+. The van der Waals surface area contributed by atoms with Gasteiger partial charge in [-0.3, -0.25) is 14.9 Å². The van der Waals surface area contributed by atoms with Gasteiger partial charge in [-0.05, 0) is 73.4 Å². The summed E-state index contributed by atoms with van der Waals surface area (Å²) in [5.41, 5.74) is 4.45. The summed E-state index contributed by atoms with van der Waals surface area (Å²) in [6.45, 7) is 6.01. The fraction of sp³-hybridized carbons (Fsp3) is 0.179. The summed E-state index contributed by atoms with van der Waals surface area (Å²) in [7, 11) is 1.47. The van der Waals surface area contributed by atoms with Crippen LogP contribution in [-0.2, 0) is 16.2 Å². The first-order valence-corrected chi connectivity index (χ1v) is 11.6. The average molecular weight is 505 g/mol. The summed E-state index contributed by atoms with van der Waals surface area (Å²) in [6.07, 6.45) is 1.37. The number of benzene rings is 3. The molecule has 1 heterocycles. The van der Waals surface area contributed by atoms with E-state index in [0.29, 0.717) is 22.7 Å². The third-order valence-electron chi connectivity index (χ3n) is 5.59. The Hall–Kier alpha value is -4.10. The number of ether oxygens (including phenoxy) is 2. The lowest BCUT2D eigenvalue weighted by Crippen LogP contribution is -2.54. The van der Waals surface area contributed by atoms with Gasteiger partial charge in [0.15, 0.2) is 11.5 Å². The highest BCUT2D eigenvalue weighted by atomic mass is 35.5. The summed E-state index contributed by atoms with van der Waals surface area (Å²) >= 11 is 6.50. The molecule has 1 aliphatic rings. The quantitative estimate of drug-likeness (QED) is 0.353. The molecule has 1 saturated heterocycles. The lowest BCUT2D eigenvalue weighted by Gasteiger charge is -2.27. The predicted molar refractivity (Wildman–Crippen MR) is 138 cm³/mol. The minimum Gasteiger partial charge on any atom is -0.493 e. The number of rotatable bonds is 6. The van der Waals surface area contributed by atoms with Gasteiger partial charge in [-0.1, -0.05) is 47.5 Å². The van der Waals surface area contributed by atoms with Crippen molar-refractivity contribution in [2.75, 3.05) is 12.0 Å². The Morgan fingerprint density at radius 3 is 2.33 bits per heavy atom. The number of anilines is 1. The Bertz CT molecular complexity index is 1390. The fourth-order valence-corrected chi connectivity index (χ4v) is 4.33. The predicted octanol–water partition coefficient (Wildman–Crippen LogP) is 5.52. The molecule has 4 amide bonds. The molecule has 8 heteroatoms. The van der Waals surface area contributed by atoms with Crippen LogP contribution in [-0.4, -0.2) is 25.0 Å². The molecule has 1 N–H and O–H groups in total. The first-order chi connectivity index (χ1) is 17.2. The van der Waals surface area contributed by atoms with Gasteiger partial charge < -0.3 is 9.47 Å². The van der Waals surface area contributed by atoms with E-state index in [1.165, 1.54) is 13.2 Å². The number of aryl methyl sites for hydroxylation is 3. The number of hydrogen-bond donors (Lipinski definition) is 1. The lowest BCUT2D eigenvalue weighted by atomic mass is 10.0. The molecule has 0 bridgehead atoms. The van der Waals surface area contributed by atoms with Gasteiger partial charge in [-0.2, -0.15) is 0 Å². The first kappa shape index (κ1) is 25.0. The monoisotopic (exact) mass is 504 g/mol. The molecule has 36 heavy (non-hydrogen) atoms. The number of carbonyl (C=O) groups is 3. The van der Waals surface area contributed by atoms with Crippen LogP contribution in [0.25, 0.3) is 6.08 Å². The van der Waals surface area contributed by atoms with Crippen molar-refractivity contribution in [3.8, 4) is 11.5 Å². The van der Waals surface area contributed by atoms with E-state index in [4.69, 9.17) is 21.1 Å². The van der Waals surface area contributed by atoms with E-state index in [1.807, 2.05) is 51.1 Å². The Kier molecular flexibility index (Phi) is 7.12. The largest absolute Gasteiger partial charge is 0.493 e. The van der Waals surface area contributed by atoms with E-state index in [9.17, 15) is 14.4 Å². The Balaban J connectivity index is 1.66. The second kappa shape index (κ2) is 10.3. The van der Waals surface area contributed by atoms with Crippen molar-refractivity contribution in [3.05, 3.63) is 93.0 Å². The normalized spacial score (nSPS) is 14.8. The van der Waals surface area contributed by atoms with Gasteiger partial charge in [0.25, 0.3) is 11.8 Å². The third kappa shape index (κ3) is 5.26. The highest BCUT2D eigenvalue weighted by molar-refractivity contribution is 6.39. The van der Waals surface area contributed by atoms with E-state index in [1.54, 1.807) is 24.3 Å². The molecule has 0 aromatic heterocycles. The van der Waals surface area contributed by atoms with Gasteiger partial charge in [-0.15, -0.1) is 0 Å². The molecule has 0 radical (unpaired) electrons. The van der Waals surface area contributed by atoms with E-state index < -0.39 is 17.8 Å². The van der Waals surface area contributed by atoms with Crippen molar-refractivity contribution in [2.45, 2.75) is 27.4 Å². The number of barbiturate groups is 1. The zero-order valence-corrected chi connectivity index (χ0v) is 21.1. The first-order valence-electron chi connectivity index (χ1n) is 11.2. The number of methoxy groups -OCH3 is 1. The van der Waals surface area contributed by atoms with Crippen LogP contribution in [0, 0.1) is 20.8 Å². The van der Waals surface area contributed by atoms with Crippen LogP contribution in [0.3, 0.4) is 0 Å². The van der Waals surface area contributed by atoms with Crippen LogP contribution in [0.15, 0.2) is 60.2 Å². The van der Waals surface area contributed by atoms with Crippen LogP contribution in [0.2, 0.25) is 5.02 Å². The van der Waals surface area contributed by atoms with E-state index >= 15 is 0 Å². The highest BCUT2D eigenvalue weighted by Crippen LogP contribution is 2.38. The number of urea groups is 1. The third-order valence-corrected chi connectivity index (χ3v) is 5.88. The maximum Gasteiger partial charge on any atom is 0.335 e. The summed E-state index contributed by atoms with van der Waals surface area (Å²) in [5.74, 6) is -0.841. The van der Waals surface area contributed by atoms with Crippen LogP contribution in [0.4, 0.5) is 10.5 Å². The van der Waals surface area contributed by atoms with Gasteiger partial charge in [0.1, 0.15) is 12.2 Å². The summed E-state index contributed by atoms with van der Waals surface area (Å²) < 4.78 is 11.4. The minimum absolute atomic E-state index is 0.208.